The van der Waals surface area contributed by atoms with Crippen molar-refractivity contribution in [2.75, 3.05) is 0 Å². The average molecular weight is 345 g/mol. The Labute approximate surface area is 142 Å². The van der Waals surface area contributed by atoms with E-state index in [0.29, 0.717) is 42.9 Å². The van der Waals surface area contributed by atoms with Gasteiger partial charge in [0.2, 0.25) is 5.91 Å². The van der Waals surface area contributed by atoms with Crippen molar-refractivity contribution in [2.45, 2.75) is 25.9 Å². The van der Waals surface area contributed by atoms with Crippen molar-refractivity contribution in [3.8, 4) is 0 Å². The molecule has 0 aromatic carbocycles. The molecule has 0 radical (unpaired) electrons. The Hall–Kier alpha value is -3.10. The normalized spacial score (nSPS) is 11.1. The summed E-state index contributed by atoms with van der Waals surface area (Å²) in [5, 5.41) is 2.77. The van der Waals surface area contributed by atoms with Crippen molar-refractivity contribution in [3.63, 3.8) is 0 Å². The van der Waals surface area contributed by atoms with Crippen LogP contribution in [-0.2, 0) is 32.0 Å². The number of nitrogens with zero attached hydrogens (tertiary/aromatic N) is 4. The van der Waals surface area contributed by atoms with Gasteiger partial charge in [-0.1, -0.05) is 0 Å². The van der Waals surface area contributed by atoms with Crippen LogP contribution in [0.15, 0.2) is 38.7 Å². The molecular formula is C16H19N5O4. The number of hydrogen-bond donors (Lipinski definition) is 1. The van der Waals surface area contributed by atoms with Crippen LogP contribution >= 0.6 is 0 Å². The van der Waals surface area contributed by atoms with E-state index in [0.717, 1.165) is 4.57 Å². The first-order valence-electron chi connectivity index (χ1n) is 7.89. The summed E-state index contributed by atoms with van der Waals surface area (Å²) in [5.41, 5.74) is -0.103. The molecule has 0 saturated heterocycles. The molecule has 9 nitrogen and oxygen atoms in total. The highest BCUT2D eigenvalue weighted by molar-refractivity contribution is 5.75. The maximum Gasteiger partial charge on any atom is 0.332 e. The third-order valence-corrected chi connectivity index (χ3v) is 4.06. The number of amides is 1. The van der Waals surface area contributed by atoms with E-state index >= 15 is 0 Å². The minimum absolute atomic E-state index is 0.0962. The molecule has 0 aliphatic rings. The van der Waals surface area contributed by atoms with E-state index in [9.17, 15) is 14.4 Å². The van der Waals surface area contributed by atoms with Crippen LogP contribution in [0.1, 0.15) is 18.6 Å². The minimum atomic E-state index is -0.417. The van der Waals surface area contributed by atoms with Crippen molar-refractivity contribution < 1.29 is 9.21 Å². The second-order valence-corrected chi connectivity index (χ2v) is 5.78. The molecule has 0 saturated carbocycles. The van der Waals surface area contributed by atoms with E-state index in [1.165, 1.54) is 17.9 Å². The van der Waals surface area contributed by atoms with Crippen molar-refractivity contribution in [2.24, 2.45) is 14.1 Å². The van der Waals surface area contributed by atoms with Crippen molar-refractivity contribution in [3.05, 3.63) is 51.3 Å². The molecule has 0 fully saturated rings. The Morgan fingerprint density at radius 2 is 2.08 bits per heavy atom. The summed E-state index contributed by atoms with van der Waals surface area (Å²) in [4.78, 5) is 40.2. The molecule has 0 aliphatic carbocycles. The second kappa shape index (κ2) is 6.80. The fourth-order valence-electron chi connectivity index (χ4n) is 2.66. The fraction of sp³-hybridized carbons (Fsp3) is 0.375. The predicted octanol–water partition coefficient (Wildman–Crippen LogP) is 0.123. The zero-order valence-electron chi connectivity index (χ0n) is 14.1. The zero-order chi connectivity index (χ0) is 18.0. The molecule has 3 aromatic rings. The van der Waals surface area contributed by atoms with Crippen LogP contribution in [0.2, 0.25) is 0 Å². The number of fused-ring (bicyclic) bond motifs is 1. The largest absolute Gasteiger partial charge is 0.467 e. The summed E-state index contributed by atoms with van der Waals surface area (Å²) in [6.07, 6.45) is 3.93. The molecule has 0 spiro atoms. The van der Waals surface area contributed by atoms with Gasteiger partial charge in [0.05, 0.1) is 19.1 Å². The molecule has 9 heteroatoms. The first kappa shape index (κ1) is 16.7. The van der Waals surface area contributed by atoms with E-state index in [2.05, 4.69) is 10.3 Å². The second-order valence-electron chi connectivity index (χ2n) is 5.78. The summed E-state index contributed by atoms with van der Waals surface area (Å²) in [6, 6.07) is 3.55. The van der Waals surface area contributed by atoms with Crippen LogP contribution in [0, 0.1) is 0 Å². The number of furan rings is 1. The molecule has 3 aromatic heterocycles. The van der Waals surface area contributed by atoms with Gasteiger partial charge in [-0.25, -0.2) is 9.78 Å². The molecule has 3 heterocycles. The molecular weight excluding hydrogens is 326 g/mol. The lowest BCUT2D eigenvalue weighted by atomic mass is 10.3. The van der Waals surface area contributed by atoms with E-state index in [1.807, 2.05) is 0 Å². The van der Waals surface area contributed by atoms with Gasteiger partial charge in [-0.3, -0.25) is 18.7 Å². The standard InChI is InChI=1S/C16H19N5O4/c1-19-14-13(15(23)20(2)16(19)24)21(10-18-14)7-3-6-12(22)17-9-11-5-4-8-25-11/h4-5,8,10H,3,6-7,9H2,1-2H3,(H,17,22). The number of imidazole rings is 1. The van der Waals surface area contributed by atoms with Crippen LogP contribution in [0.5, 0.6) is 0 Å². The Kier molecular flexibility index (Phi) is 4.55. The molecule has 1 amide bonds. The highest BCUT2D eigenvalue weighted by atomic mass is 16.3. The lowest BCUT2D eigenvalue weighted by molar-refractivity contribution is -0.121. The molecule has 132 valence electrons. The van der Waals surface area contributed by atoms with E-state index < -0.39 is 11.2 Å². The number of aryl methyl sites for hydroxylation is 2. The average Bonchev–Trinajstić information content (AvgIpc) is 3.26. The van der Waals surface area contributed by atoms with Crippen LogP contribution in [0.4, 0.5) is 0 Å². The van der Waals surface area contributed by atoms with Gasteiger partial charge in [0, 0.05) is 27.1 Å². The van der Waals surface area contributed by atoms with Crippen LogP contribution in [0.25, 0.3) is 11.2 Å². The van der Waals surface area contributed by atoms with Gasteiger partial charge >= 0.3 is 5.69 Å². The maximum atomic E-state index is 12.3. The lowest BCUT2D eigenvalue weighted by Crippen LogP contribution is -2.37. The van der Waals surface area contributed by atoms with E-state index in [-0.39, 0.29) is 5.91 Å². The Morgan fingerprint density at radius 1 is 1.28 bits per heavy atom. The van der Waals surface area contributed by atoms with Gasteiger partial charge in [0.1, 0.15) is 5.76 Å². The number of carbonyl (C=O) groups is 1. The molecule has 1 N–H and O–H groups in total. The third-order valence-electron chi connectivity index (χ3n) is 4.06. The Morgan fingerprint density at radius 3 is 2.80 bits per heavy atom. The first-order valence-corrected chi connectivity index (χ1v) is 7.89. The monoisotopic (exact) mass is 345 g/mol. The third kappa shape index (κ3) is 3.25. The van der Waals surface area contributed by atoms with Gasteiger partial charge in [0.25, 0.3) is 5.56 Å². The topological polar surface area (TPSA) is 104 Å². The predicted molar refractivity (Wildman–Crippen MR) is 90.0 cm³/mol. The van der Waals surface area contributed by atoms with E-state index in [4.69, 9.17) is 4.42 Å². The van der Waals surface area contributed by atoms with Gasteiger partial charge in [-0.05, 0) is 18.6 Å². The van der Waals surface area contributed by atoms with Crippen molar-refractivity contribution >= 4 is 17.1 Å². The summed E-state index contributed by atoms with van der Waals surface area (Å²) >= 11 is 0. The highest BCUT2D eigenvalue weighted by Crippen LogP contribution is 2.07. The number of hydrogen-bond acceptors (Lipinski definition) is 5. The minimum Gasteiger partial charge on any atom is -0.467 e. The number of aromatic nitrogens is 4. The van der Waals surface area contributed by atoms with E-state index in [1.54, 1.807) is 30.0 Å². The summed E-state index contributed by atoms with van der Waals surface area (Å²) in [6.45, 7) is 0.806. The van der Waals surface area contributed by atoms with Gasteiger partial charge < -0.3 is 14.3 Å². The zero-order valence-corrected chi connectivity index (χ0v) is 14.1. The smallest absolute Gasteiger partial charge is 0.332 e. The molecule has 0 atom stereocenters. The first-order chi connectivity index (χ1) is 12.0. The lowest BCUT2D eigenvalue weighted by Gasteiger charge is -2.07. The van der Waals surface area contributed by atoms with Crippen LogP contribution in [-0.4, -0.2) is 24.6 Å². The Balaban J connectivity index is 1.65. The van der Waals surface area contributed by atoms with Crippen LogP contribution in [0.3, 0.4) is 0 Å². The van der Waals surface area contributed by atoms with Crippen LogP contribution < -0.4 is 16.6 Å². The maximum absolute atomic E-state index is 12.3. The quantitative estimate of drug-likeness (QED) is 0.683. The highest BCUT2D eigenvalue weighted by Gasteiger charge is 2.14. The number of rotatable bonds is 6. The van der Waals surface area contributed by atoms with Crippen molar-refractivity contribution in [1.82, 2.24) is 24.0 Å². The van der Waals surface area contributed by atoms with Gasteiger partial charge in [0.15, 0.2) is 11.2 Å². The SMILES string of the molecule is Cn1c(=O)c2c(ncn2CCCC(=O)NCc2ccco2)n(C)c1=O. The molecule has 3 rings (SSSR count). The summed E-state index contributed by atoms with van der Waals surface area (Å²) in [7, 11) is 3.01. The Bertz CT molecular complexity index is 1010. The summed E-state index contributed by atoms with van der Waals surface area (Å²) < 4.78 is 9.21. The van der Waals surface area contributed by atoms with Crippen molar-refractivity contribution in [1.29, 1.82) is 0 Å². The van der Waals surface area contributed by atoms with Gasteiger partial charge in [-0.15, -0.1) is 0 Å². The molecule has 25 heavy (non-hydrogen) atoms. The number of carbonyl (C=O) groups excluding carboxylic acids is 1. The molecule has 0 unspecified atom stereocenters. The fourth-order valence-corrected chi connectivity index (χ4v) is 2.66. The molecule has 0 bridgehead atoms. The van der Waals surface area contributed by atoms with Gasteiger partial charge in [-0.2, -0.15) is 0 Å². The number of nitrogens with one attached hydrogen (secondary N) is 1. The summed E-state index contributed by atoms with van der Waals surface area (Å²) in [5.74, 6) is 0.597. The molecule has 0 aliphatic heterocycles.